The Balaban J connectivity index is 2.13. The maximum absolute atomic E-state index is 12.6. The van der Waals surface area contributed by atoms with Crippen LogP contribution in [-0.4, -0.2) is 32.4 Å². The third-order valence-electron chi connectivity index (χ3n) is 4.61. The Morgan fingerprint density at radius 2 is 1.81 bits per heavy atom. The number of sulfonamides is 1. The Bertz CT molecular complexity index is 546. The van der Waals surface area contributed by atoms with E-state index in [0.717, 1.165) is 19.3 Å². The molecule has 2 N–H and O–H groups in total. The largest absolute Gasteiger partial charge is 0.330 e. The van der Waals surface area contributed by atoms with Gasteiger partial charge in [-0.15, -0.1) is 0 Å². The van der Waals surface area contributed by atoms with Crippen LogP contribution in [0.4, 0.5) is 0 Å². The van der Waals surface area contributed by atoms with Crippen molar-refractivity contribution in [2.75, 3.05) is 19.6 Å². The number of piperidine rings is 1. The fraction of sp³-hybridized carbons (Fsp3) is 0.625. The summed E-state index contributed by atoms with van der Waals surface area (Å²) in [4.78, 5) is 0.403. The van der Waals surface area contributed by atoms with E-state index in [-0.39, 0.29) is 0 Å². The first kappa shape index (κ1) is 16.5. The van der Waals surface area contributed by atoms with E-state index in [9.17, 15) is 8.42 Å². The fourth-order valence-electron chi connectivity index (χ4n) is 2.74. The Kier molecular flexibility index (Phi) is 5.41. The van der Waals surface area contributed by atoms with E-state index in [1.165, 1.54) is 5.56 Å². The second-order valence-corrected chi connectivity index (χ2v) is 7.90. The van der Waals surface area contributed by atoms with E-state index >= 15 is 0 Å². The van der Waals surface area contributed by atoms with Gasteiger partial charge in [0.25, 0.3) is 0 Å². The van der Waals surface area contributed by atoms with Crippen molar-refractivity contribution < 1.29 is 8.42 Å². The third-order valence-corrected chi connectivity index (χ3v) is 6.52. The van der Waals surface area contributed by atoms with Crippen LogP contribution in [0, 0.1) is 5.92 Å². The summed E-state index contributed by atoms with van der Waals surface area (Å²) in [5.41, 5.74) is 6.85. The summed E-state index contributed by atoms with van der Waals surface area (Å²) >= 11 is 0. The van der Waals surface area contributed by atoms with Gasteiger partial charge in [0.15, 0.2) is 0 Å². The van der Waals surface area contributed by atoms with Crippen LogP contribution >= 0.6 is 0 Å². The summed E-state index contributed by atoms with van der Waals surface area (Å²) in [6, 6.07) is 7.36. The number of nitrogens with two attached hydrogens (primary N) is 1. The highest BCUT2D eigenvalue weighted by molar-refractivity contribution is 7.89. The van der Waals surface area contributed by atoms with E-state index in [1.54, 1.807) is 16.4 Å². The van der Waals surface area contributed by atoms with Gasteiger partial charge in [-0.3, -0.25) is 0 Å². The summed E-state index contributed by atoms with van der Waals surface area (Å²) in [5.74, 6) is 0.922. The standard InChI is InChI=1S/C16H26N2O2S/c1-3-13(2)15-4-6-16(7-5-15)21(19,20)18-10-8-14(12-17)9-11-18/h4-7,13-14H,3,8-12,17H2,1-2H3. The summed E-state index contributed by atoms with van der Waals surface area (Å²) in [6.07, 6.45) is 2.78. The maximum atomic E-state index is 12.6. The van der Waals surface area contributed by atoms with Crippen molar-refractivity contribution in [3.63, 3.8) is 0 Å². The van der Waals surface area contributed by atoms with Crippen LogP contribution in [0.1, 0.15) is 44.6 Å². The minimum Gasteiger partial charge on any atom is -0.330 e. The van der Waals surface area contributed by atoms with Gasteiger partial charge in [0.2, 0.25) is 10.0 Å². The minimum atomic E-state index is -3.35. The molecule has 1 saturated heterocycles. The van der Waals surface area contributed by atoms with Gasteiger partial charge in [-0.25, -0.2) is 8.42 Å². The van der Waals surface area contributed by atoms with Gasteiger partial charge < -0.3 is 5.73 Å². The van der Waals surface area contributed by atoms with Crippen LogP contribution in [0.5, 0.6) is 0 Å². The number of benzene rings is 1. The van der Waals surface area contributed by atoms with Crippen LogP contribution in [0.2, 0.25) is 0 Å². The summed E-state index contributed by atoms with van der Waals surface area (Å²) in [5, 5.41) is 0. The molecule has 21 heavy (non-hydrogen) atoms. The van der Waals surface area contributed by atoms with E-state index in [2.05, 4.69) is 13.8 Å². The van der Waals surface area contributed by atoms with Crippen LogP contribution < -0.4 is 5.73 Å². The van der Waals surface area contributed by atoms with Crippen molar-refractivity contribution in [3.8, 4) is 0 Å². The van der Waals surface area contributed by atoms with Crippen molar-refractivity contribution in [3.05, 3.63) is 29.8 Å². The lowest BCUT2D eigenvalue weighted by atomic mass is 9.99. The smallest absolute Gasteiger partial charge is 0.243 e. The molecule has 1 aromatic carbocycles. The quantitative estimate of drug-likeness (QED) is 0.909. The van der Waals surface area contributed by atoms with Crippen molar-refractivity contribution in [2.45, 2.75) is 43.9 Å². The average Bonchev–Trinajstić information content (AvgIpc) is 2.54. The van der Waals surface area contributed by atoms with E-state index in [1.807, 2.05) is 12.1 Å². The van der Waals surface area contributed by atoms with Crippen LogP contribution in [0.25, 0.3) is 0 Å². The number of rotatable bonds is 5. The molecule has 2 rings (SSSR count). The molecule has 0 saturated carbocycles. The zero-order valence-electron chi connectivity index (χ0n) is 13.0. The SMILES string of the molecule is CCC(C)c1ccc(S(=O)(=O)N2CCC(CN)CC2)cc1. The topological polar surface area (TPSA) is 63.4 Å². The Hall–Kier alpha value is -0.910. The van der Waals surface area contributed by atoms with Crippen LogP contribution in [0.3, 0.4) is 0 Å². The fourth-order valence-corrected chi connectivity index (χ4v) is 4.21. The first-order chi connectivity index (χ1) is 9.98. The molecule has 0 amide bonds. The van der Waals surface area contributed by atoms with Crippen molar-refractivity contribution in [2.24, 2.45) is 11.7 Å². The van der Waals surface area contributed by atoms with Gasteiger partial charge in [0.05, 0.1) is 4.90 Å². The molecular formula is C16H26N2O2S. The molecule has 1 aromatic rings. The lowest BCUT2D eigenvalue weighted by Crippen LogP contribution is -2.40. The van der Waals surface area contributed by atoms with Gasteiger partial charge in [-0.05, 0) is 55.3 Å². The molecule has 1 unspecified atom stereocenters. The van der Waals surface area contributed by atoms with Gasteiger partial charge in [-0.2, -0.15) is 4.31 Å². The average molecular weight is 310 g/mol. The molecule has 0 radical (unpaired) electrons. The summed E-state index contributed by atoms with van der Waals surface area (Å²) < 4.78 is 26.8. The van der Waals surface area contributed by atoms with Crippen LogP contribution in [-0.2, 0) is 10.0 Å². The van der Waals surface area contributed by atoms with Crippen molar-refractivity contribution in [1.82, 2.24) is 4.31 Å². The van der Waals surface area contributed by atoms with Crippen molar-refractivity contribution in [1.29, 1.82) is 0 Å². The molecule has 1 heterocycles. The molecule has 1 fully saturated rings. The Morgan fingerprint density at radius 1 is 1.24 bits per heavy atom. The van der Waals surface area contributed by atoms with E-state index in [0.29, 0.717) is 36.4 Å². The van der Waals surface area contributed by atoms with Gasteiger partial charge in [0, 0.05) is 13.1 Å². The van der Waals surface area contributed by atoms with Gasteiger partial charge in [0.1, 0.15) is 0 Å². The van der Waals surface area contributed by atoms with Gasteiger partial charge in [-0.1, -0.05) is 26.0 Å². The summed E-state index contributed by atoms with van der Waals surface area (Å²) in [7, 11) is -3.35. The molecule has 1 atom stereocenters. The molecule has 1 aliphatic rings. The Morgan fingerprint density at radius 3 is 2.29 bits per heavy atom. The van der Waals surface area contributed by atoms with E-state index < -0.39 is 10.0 Å². The highest BCUT2D eigenvalue weighted by atomic mass is 32.2. The molecule has 0 aliphatic carbocycles. The molecule has 0 bridgehead atoms. The predicted octanol–water partition coefficient (Wildman–Crippen LogP) is 2.56. The maximum Gasteiger partial charge on any atom is 0.243 e. The molecule has 118 valence electrons. The highest BCUT2D eigenvalue weighted by Gasteiger charge is 2.28. The number of hydrogen-bond acceptors (Lipinski definition) is 3. The van der Waals surface area contributed by atoms with Crippen LogP contribution in [0.15, 0.2) is 29.2 Å². The second kappa shape index (κ2) is 6.90. The molecule has 5 heteroatoms. The lowest BCUT2D eigenvalue weighted by molar-refractivity contribution is 0.278. The molecule has 1 aliphatic heterocycles. The van der Waals surface area contributed by atoms with E-state index in [4.69, 9.17) is 5.73 Å². The minimum absolute atomic E-state index is 0.403. The first-order valence-electron chi connectivity index (χ1n) is 7.79. The monoisotopic (exact) mass is 310 g/mol. The summed E-state index contributed by atoms with van der Waals surface area (Å²) in [6.45, 7) is 6.10. The predicted molar refractivity (Wildman–Crippen MR) is 85.7 cm³/mol. The third kappa shape index (κ3) is 3.65. The second-order valence-electron chi connectivity index (χ2n) is 5.96. The zero-order chi connectivity index (χ0) is 15.5. The van der Waals surface area contributed by atoms with Crippen molar-refractivity contribution >= 4 is 10.0 Å². The first-order valence-corrected chi connectivity index (χ1v) is 9.23. The number of nitrogens with zero attached hydrogens (tertiary/aromatic N) is 1. The Labute approximate surface area is 128 Å². The number of hydrogen-bond donors (Lipinski definition) is 1. The normalized spacial score (nSPS) is 19.6. The van der Waals surface area contributed by atoms with Gasteiger partial charge >= 0.3 is 0 Å². The molecule has 0 spiro atoms. The zero-order valence-corrected chi connectivity index (χ0v) is 13.8. The lowest BCUT2D eigenvalue weighted by Gasteiger charge is -2.30. The molecule has 4 nitrogen and oxygen atoms in total. The molecule has 0 aromatic heterocycles. The highest BCUT2D eigenvalue weighted by Crippen LogP contribution is 2.25. The molecular weight excluding hydrogens is 284 g/mol.